The van der Waals surface area contributed by atoms with Crippen LogP contribution in [0.5, 0.6) is 0 Å². The summed E-state index contributed by atoms with van der Waals surface area (Å²) in [6, 6.07) is 7.43. The van der Waals surface area contributed by atoms with Crippen LogP contribution >= 0.6 is 0 Å². The Morgan fingerprint density at radius 1 is 1.26 bits per heavy atom. The molecule has 3 heteroatoms. The molecule has 3 nitrogen and oxygen atoms in total. The van der Waals surface area contributed by atoms with Crippen molar-refractivity contribution in [3.05, 3.63) is 29.3 Å². The number of aliphatic hydroxyl groups excluding tert-OH is 1. The Hall–Kier alpha value is -1.06. The second-order valence-corrected chi connectivity index (χ2v) is 6.02. The van der Waals surface area contributed by atoms with Gasteiger partial charge in [0.25, 0.3) is 0 Å². The standard InChI is InChI=1S/C16H24N2O/c1-18-9-8-13-10-12(2-7-16(13)18)11-17-14-3-5-15(19)6-4-14/h2,7,10,14-15,17,19H,3-6,8-9,11H2,1H3. The molecule has 0 aromatic heterocycles. The fraction of sp³-hybridized carbons (Fsp3) is 0.625. The SMILES string of the molecule is CN1CCc2cc(CNC3CCC(O)CC3)ccc21. The van der Waals surface area contributed by atoms with Crippen LogP contribution in [0, 0.1) is 0 Å². The number of aliphatic hydroxyl groups is 1. The molecule has 0 saturated heterocycles. The van der Waals surface area contributed by atoms with Crippen molar-refractivity contribution in [1.82, 2.24) is 5.32 Å². The first-order valence-electron chi connectivity index (χ1n) is 7.47. The first-order chi connectivity index (χ1) is 9.22. The van der Waals surface area contributed by atoms with E-state index in [9.17, 15) is 5.11 Å². The molecule has 19 heavy (non-hydrogen) atoms. The van der Waals surface area contributed by atoms with Crippen LogP contribution < -0.4 is 10.2 Å². The molecule has 0 spiro atoms. The molecule has 1 aromatic carbocycles. The Labute approximate surface area is 115 Å². The molecule has 0 atom stereocenters. The zero-order chi connectivity index (χ0) is 13.2. The summed E-state index contributed by atoms with van der Waals surface area (Å²) in [5.41, 5.74) is 4.27. The van der Waals surface area contributed by atoms with Gasteiger partial charge in [-0.25, -0.2) is 0 Å². The summed E-state index contributed by atoms with van der Waals surface area (Å²) in [5, 5.41) is 13.1. The normalized spacial score (nSPS) is 26.5. The van der Waals surface area contributed by atoms with Gasteiger partial charge in [-0.2, -0.15) is 0 Å². The van der Waals surface area contributed by atoms with Gasteiger partial charge in [0.05, 0.1) is 6.10 Å². The fourth-order valence-corrected chi connectivity index (χ4v) is 3.27. The van der Waals surface area contributed by atoms with Crippen molar-refractivity contribution in [3.8, 4) is 0 Å². The molecule has 1 fully saturated rings. The lowest BCUT2D eigenvalue weighted by molar-refractivity contribution is 0.116. The van der Waals surface area contributed by atoms with Gasteiger partial charge in [-0.3, -0.25) is 0 Å². The largest absolute Gasteiger partial charge is 0.393 e. The summed E-state index contributed by atoms with van der Waals surface area (Å²) >= 11 is 0. The smallest absolute Gasteiger partial charge is 0.0541 e. The Morgan fingerprint density at radius 2 is 2.05 bits per heavy atom. The van der Waals surface area contributed by atoms with E-state index in [1.54, 1.807) is 0 Å². The molecule has 0 amide bonds. The van der Waals surface area contributed by atoms with Crippen LogP contribution in [0.3, 0.4) is 0 Å². The number of anilines is 1. The second kappa shape index (κ2) is 5.51. The van der Waals surface area contributed by atoms with Crippen molar-refractivity contribution in [2.24, 2.45) is 0 Å². The number of benzene rings is 1. The molecule has 3 rings (SSSR count). The van der Waals surface area contributed by atoms with Crippen LogP contribution in [-0.4, -0.2) is 30.8 Å². The maximum Gasteiger partial charge on any atom is 0.0541 e. The Morgan fingerprint density at radius 3 is 2.84 bits per heavy atom. The number of nitrogens with zero attached hydrogens (tertiary/aromatic N) is 1. The zero-order valence-electron chi connectivity index (χ0n) is 11.7. The van der Waals surface area contributed by atoms with E-state index >= 15 is 0 Å². The molecule has 2 aliphatic rings. The number of hydrogen-bond acceptors (Lipinski definition) is 3. The third-order valence-corrected chi connectivity index (χ3v) is 4.56. The highest BCUT2D eigenvalue weighted by Crippen LogP contribution is 2.27. The van der Waals surface area contributed by atoms with Gasteiger partial charge in [0, 0.05) is 31.9 Å². The molecule has 1 saturated carbocycles. The number of rotatable bonds is 3. The van der Waals surface area contributed by atoms with E-state index in [1.165, 1.54) is 23.2 Å². The zero-order valence-corrected chi connectivity index (χ0v) is 11.7. The highest BCUT2D eigenvalue weighted by Gasteiger charge is 2.19. The summed E-state index contributed by atoms with van der Waals surface area (Å²) in [4.78, 5) is 2.33. The Kier molecular flexibility index (Phi) is 3.76. The first-order valence-corrected chi connectivity index (χ1v) is 7.47. The third-order valence-electron chi connectivity index (χ3n) is 4.56. The van der Waals surface area contributed by atoms with E-state index in [0.717, 1.165) is 38.8 Å². The van der Waals surface area contributed by atoms with Gasteiger partial charge in [-0.15, -0.1) is 0 Å². The Balaban J connectivity index is 1.56. The molecule has 1 aliphatic carbocycles. The van der Waals surface area contributed by atoms with Crippen molar-refractivity contribution in [3.63, 3.8) is 0 Å². The number of hydrogen-bond donors (Lipinski definition) is 2. The molecule has 0 bridgehead atoms. The monoisotopic (exact) mass is 260 g/mol. The number of nitrogens with one attached hydrogen (secondary N) is 1. The lowest BCUT2D eigenvalue weighted by Gasteiger charge is -2.26. The fourth-order valence-electron chi connectivity index (χ4n) is 3.27. The molecular weight excluding hydrogens is 236 g/mol. The minimum absolute atomic E-state index is 0.0615. The predicted molar refractivity (Wildman–Crippen MR) is 78.5 cm³/mol. The summed E-state index contributed by atoms with van der Waals surface area (Å²) in [6.07, 6.45) is 5.23. The number of likely N-dealkylation sites (N-methyl/N-ethyl adjacent to an activating group) is 1. The molecule has 1 aliphatic heterocycles. The molecule has 1 heterocycles. The van der Waals surface area contributed by atoms with Crippen molar-refractivity contribution >= 4 is 5.69 Å². The van der Waals surface area contributed by atoms with Crippen LogP contribution in [0.1, 0.15) is 36.8 Å². The van der Waals surface area contributed by atoms with E-state index in [2.05, 4.69) is 35.5 Å². The molecule has 1 aromatic rings. The highest BCUT2D eigenvalue weighted by molar-refractivity contribution is 5.58. The van der Waals surface area contributed by atoms with Gasteiger partial charge in [0.15, 0.2) is 0 Å². The van der Waals surface area contributed by atoms with Crippen molar-refractivity contribution in [1.29, 1.82) is 0 Å². The molecule has 104 valence electrons. The van der Waals surface area contributed by atoms with Crippen LogP contribution in [0.25, 0.3) is 0 Å². The van der Waals surface area contributed by atoms with Gasteiger partial charge in [0.2, 0.25) is 0 Å². The first kappa shape index (κ1) is 12.9. The molecular formula is C16H24N2O. The highest BCUT2D eigenvalue weighted by atomic mass is 16.3. The van der Waals surface area contributed by atoms with E-state index < -0.39 is 0 Å². The average molecular weight is 260 g/mol. The van der Waals surface area contributed by atoms with E-state index in [-0.39, 0.29) is 6.10 Å². The van der Waals surface area contributed by atoms with Gasteiger partial charge in [-0.1, -0.05) is 12.1 Å². The van der Waals surface area contributed by atoms with Gasteiger partial charge >= 0.3 is 0 Å². The van der Waals surface area contributed by atoms with Crippen LogP contribution in [-0.2, 0) is 13.0 Å². The second-order valence-electron chi connectivity index (χ2n) is 6.02. The van der Waals surface area contributed by atoms with E-state index in [0.29, 0.717) is 6.04 Å². The minimum atomic E-state index is -0.0615. The topological polar surface area (TPSA) is 35.5 Å². The summed E-state index contributed by atoms with van der Waals surface area (Å²) in [6.45, 7) is 2.10. The quantitative estimate of drug-likeness (QED) is 0.873. The van der Waals surface area contributed by atoms with Gasteiger partial charge in [0.1, 0.15) is 0 Å². The summed E-state index contributed by atoms with van der Waals surface area (Å²) < 4.78 is 0. The third kappa shape index (κ3) is 2.93. The molecule has 0 radical (unpaired) electrons. The summed E-state index contributed by atoms with van der Waals surface area (Å²) in [5.74, 6) is 0. The van der Waals surface area contributed by atoms with Crippen LogP contribution in [0.4, 0.5) is 5.69 Å². The Bertz CT molecular complexity index is 438. The van der Waals surface area contributed by atoms with Crippen molar-refractivity contribution in [2.75, 3.05) is 18.5 Å². The van der Waals surface area contributed by atoms with Gasteiger partial charge in [-0.05, 0) is 49.3 Å². The lowest BCUT2D eigenvalue weighted by Crippen LogP contribution is -2.34. The number of fused-ring (bicyclic) bond motifs is 1. The summed E-state index contributed by atoms with van der Waals surface area (Å²) in [7, 11) is 2.16. The van der Waals surface area contributed by atoms with Crippen molar-refractivity contribution in [2.45, 2.75) is 50.8 Å². The molecule has 2 N–H and O–H groups in total. The maximum absolute atomic E-state index is 9.51. The minimum Gasteiger partial charge on any atom is -0.393 e. The lowest BCUT2D eigenvalue weighted by atomic mass is 9.93. The van der Waals surface area contributed by atoms with E-state index in [4.69, 9.17) is 0 Å². The van der Waals surface area contributed by atoms with E-state index in [1.807, 2.05) is 0 Å². The van der Waals surface area contributed by atoms with Crippen molar-refractivity contribution < 1.29 is 5.11 Å². The average Bonchev–Trinajstić information content (AvgIpc) is 2.79. The predicted octanol–water partition coefficient (Wildman–Crippen LogP) is 2.07. The van der Waals surface area contributed by atoms with Crippen LogP contribution in [0.15, 0.2) is 18.2 Å². The molecule has 0 unspecified atom stereocenters. The maximum atomic E-state index is 9.51. The van der Waals surface area contributed by atoms with Gasteiger partial charge < -0.3 is 15.3 Å². The van der Waals surface area contributed by atoms with Crippen LogP contribution in [0.2, 0.25) is 0 Å².